The van der Waals surface area contributed by atoms with Gasteiger partial charge >= 0.3 is 0 Å². The molecular formula is C10H15NO2. The second kappa shape index (κ2) is 4.25. The normalized spacial score (nSPS) is 12.8. The molecule has 3 nitrogen and oxygen atoms in total. The van der Waals surface area contributed by atoms with E-state index in [0.29, 0.717) is 0 Å². The van der Waals surface area contributed by atoms with Crippen molar-refractivity contribution in [2.24, 2.45) is 0 Å². The van der Waals surface area contributed by atoms with Gasteiger partial charge in [0.2, 0.25) is 0 Å². The monoisotopic (exact) mass is 181 g/mol. The fourth-order valence-electron chi connectivity index (χ4n) is 1.45. The first-order chi connectivity index (χ1) is 6.20. The molecule has 0 aliphatic heterocycles. The van der Waals surface area contributed by atoms with Gasteiger partial charge in [-0.3, -0.25) is 0 Å². The van der Waals surface area contributed by atoms with Gasteiger partial charge in [-0.05, 0) is 25.6 Å². The Morgan fingerprint density at radius 1 is 1.46 bits per heavy atom. The summed E-state index contributed by atoms with van der Waals surface area (Å²) in [5.41, 5.74) is 1.75. The van der Waals surface area contributed by atoms with Gasteiger partial charge in [0.1, 0.15) is 5.75 Å². The van der Waals surface area contributed by atoms with E-state index in [4.69, 9.17) is 5.11 Å². The quantitative estimate of drug-likeness (QED) is 0.651. The molecule has 1 atom stereocenters. The van der Waals surface area contributed by atoms with Gasteiger partial charge in [0.15, 0.2) is 0 Å². The van der Waals surface area contributed by atoms with Gasteiger partial charge in [-0.2, -0.15) is 0 Å². The molecule has 3 N–H and O–H groups in total. The van der Waals surface area contributed by atoms with Crippen molar-refractivity contribution in [1.29, 1.82) is 0 Å². The van der Waals surface area contributed by atoms with Gasteiger partial charge in [-0.15, -0.1) is 0 Å². The number of aliphatic hydroxyl groups is 1. The van der Waals surface area contributed by atoms with Crippen LogP contribution < -0.4 is 5.32 Å². The van der Waals surface area contributed by atoms with E-state index in [1.54, 1.807) is 19.2 Å². The van der Waals surface area contributed by atoms with Crippen LogP contribution in [0.25, 0.3) is 0 Å². The fourth-order valence-corrected chi connectivity index (χ4v) is 1.45. The molecule has 0 heterocycles. The smallest absolute Gasteiger partial charge is 0.120 e. The Kier molecular flexibility index (Phi) is 3.28. The van der Waals surface area contributed by atoms with Crippen LogP contribution in [0.5, 0.6) is 5.75 Å². The number of nitrogens with one attached hydrogen (secondary N) is 1. The first kappa shape index (κ1) is 10.0. The Morgan fingerprint density at radius 3 is 2.62 bits per heavy atom. The predicted octanol–water partition coefficient (Wildman–Crippen LogP) is 0.953. The molecule has 1 aromatic rings. The summed E-state index contributed by atoms with van der Waals surface area (Å²) in [4.78, 5) is 0. The highest BCUT2D eigenvalue weighted by molar-refractivity contribution is 5.40. The van der Waals surface area contributed by atoms with Crippen molar-refractivity contribution in [2.75, 3.05) is 13.7 Å². The molecule has 13 heavy (non-hydrogen) atoms. The molecule has 0 amide bonds. The minimum Gasteiger partial charge on any atom is -0.508 e. The Bertz CT molecular complexity index is 262. The molecule has 0 radical (unpaired) electrons. The predicted molar refractivity (Wildman–Crippen MR) is 51.7 cm³/mol. The number of hydrogen-bond acceptors (Lipinski definition) is 3. The number of phenolic OH excluding ortho intramolecular Hbond substituents is 1. The summed E-state index contributed by atoms with van der Waals surface area (Å²) in [5.74, 6) is 0.230. The molecule has 0 aliphatic carbocycles. The maximum atomic E-state index is 9.57. The first-order valence-corrected chi connectivity index (χ1v) is 4.27. The highest BCUT2D eigenvalue weighted by Crippen LogP contribution is 2.26. The van der Waals surface area contributed by atoms with Crippen molar-refractivity contribution in [3.8, 4) is 5.75 Å². The van der Waals surface area contributed by atoms with E-state index in [-0.39, 0.29) is 18.4 Å². The lowest BCUT2D eigenvalue weighted by Gasteiger charge is -2.17. The van der Waals surface area contributed by atoms with Crippen LogP contribution in [0.4, 0.5) is 0 Å². The van der Waals surface area contributed by atoms with Gasteiger partial charge in [-0.25, -0.2) is 0 Å². The summed E-state index contributed by atoms with van der Waals surface area (Å²) in [5, 5.41) is 21.6. The zero-order valence-corrected chi connectivity index (χ0v) is 7.91. The van der Waals surface area contributed by atoms with Gasteiger partial charge in [0, 0.05) is 5.56 Å². The van der Waals surface area contributed by atoms with Crippen LogP contribution in [0.3, 0.4) is 0 Å². The van der Waals surface area contributed by atoms with Crippen molar-refractivity contribution < 1.29 is 10.2 Å². The molecule has 0 aliphatic rings. The zero-order chi connectivity index (χ0) is 9.84. The first-order valence-electron chi connectivity index (χ1n) is 4.27. The second-order valence-corrected chi connectivity index (χ2v) is 3.03. The van der Waals surface area contributed by atoms with Crippen LogP contribution in [-0.4, -0.2) is 23.9 Å². The van der Waals surface area contributed by atoms with Crippen molar-refractivity contribution >= 4 is 0 Å². The van der Waals surface area contributed by atoms with Crippen molar-refractivity contribution in [2.45, 2.75) is 13.0 Å². The average molecular weight is 181 g/mol. The molecule has 3 heteroatoms. The molecule has 0 unspecified atom stereocenters. The maximum absolute atomic E-state index is 9.57. The third-order valence-corrected chi connectivity index (χ3v) is 2.18. The molecule has 1 rings (SSSR count). The summed E-state index contributed by atoms with van der Waals surface area (Å²) >= 11 is 0. The van der Waals surface area contributed by atoms with E-state index in [1.807, 2.05) is 13.0 Å². The lowest BCUT2D eigenvalue weighted by molar-refractivity contribution is 0.247. The number of rotatable bonds is 3. The van der Waals surface area contributed by atoms with Gasteiger partial charge in [0.25, 0.3) is 0 Å². The summed E-state index contributed by atoms with van der Waals surface area (Å²) < 4.78 is 0. The van der Waals surface area contributed by atoms with E-state index >= 15 is 0 Å². The summed E-state index contributed by atoms with van der Waals surface area (Å²) in [6, 6.07) is 5.14. The van der Waals surface area contributed by atoms with Crippen LogP contribution >= 0.6 is 0 Å². The topological polar surface area (TPSA) is 52.5 Å². The van der Waals surface area contributed by atoms with E-state index in [2.05, 4.69) is 5.32 Å². The fraction of sp³-hybridized carbons (Fsp3) is 0.400. The van der Waals surface area contributed by atoms with Crippen LogP contribution in [-0.2, 0) is 0 Å². The molecule has 0 spiro atoms. The Balaban J connectivity index is 3.10. The molecule has 0 fully saturated rings. The SMILES string of the molecule is CN[C@H](CO)c1c(C)cccc1O. The van der Waals surface area contributed by atoms with Crippen LogP contribution in [0.2, 0.25) is 0 Å². The zero-order valence-electron chi connectivity index (χ0n) is 7.91. The number of phenols is 1. The summed E-state index contributed by atoms with van der Waals surface area (Å²) in [7, 11) is 1.76. The third-order valence-electron chi connectivity index (χ3n) is 2.18. The van der Waals surface area contributed by atoms with Gasteiger partial charge < -0.3 is 15.5 Å². The standard InChI is InChI=1S/C10H15NO2/c1-7-4-3-5-9(13)10(7)8(6-12)11-2/h3-5,8,11-13H,6H2,1-2H3/t8-/m1/s1. The highest BCUT2D eigenvalue weighted by atomic mass is 16.3. The van der Waals surface area contributed by atoms with Gasteiger partial charge in [-0.1, -0.05) is 12.1 Å². The van der Waals surface area contributed by atoms with Crippen LogP contribution in [0, 0.1) is 6.92 Å². The van der Waals surface area contributed by atoms with E-state index in [0.717, 1.165) is 11.1 Å². The number of hydrogen-bond donors (Lipinski definition) is 3. The molecule has 0 saturated carbocycles. The van der Waals surface area contributed by atoms with Crippen LogP contribution in [0.15, 0.2) is 18.2 Å². The minimum atomic E-state index is -0.193. The molecule has 0 saturated heterocycles. The largest absolute Gasteiger partial charge is 0.508 e. The Morgan fingerprint density at radius 2 is 2.15 bits per heavy atom. The molecule has 0 bridgehead atoms. The van der Waals surface area contributed by atoms with E-state index < -0.39 is 0 Å². The third kappa shape index (κ3) is 1.99. The summed E-state index contributed by atoms with van der Waals surface area (Å²) in [6.45, 7) is 1.89. The van der Waals surface area contributed by atoms with Crippen molar-refractivity contribution in [3.05, 3.63) is 29.3 Å². The Labute approximate surface area is 78.0 Å². The lowest BCUT2D eigenvalue weighted by Crippen LogP contribution is -2.20. The molecule has 72 valence electrons. The molecule has 0 aromatic heterocycles. The molecule has 1 aromatic carbocycles. The Hall–Kier alpha value is -1.06. The highest BCUT2D eigenvalue weighted by Gasteiger charge is 2.14. The van der Waals surface area contributed by atoms with E-state index in [1.165, 1.54) is 0 Å². The number of aryl methyl sites for hydroxylation is 1. The maximum Gasteiger partial charge on any atom is 0.120 e. The van der Waals surface area contributed by atoms with E-state index in [9.17, 15) is 5.11 Å². The number of aromatic hydroxyl groups is 1. The van der Waals surface area contributed by atoms with Gasteiger partial charge in [0.05, 0.1) is 12.6 Å². The number of aliphatic hydroxyl groups excluding tert-OH is 1. The molecular weight excluding hydrogens is 166 g/mol. The number of likely N-dealkylation sites (N-methyl/N-ethyl adjacent to an activating group) is 1. The van der Waals surface area contributed by atoms with Crippen molar-refractivity contribution in [3.63, 3.8) is 0 Å². The number of benzene rings is 1. The van der Waals surface area contributed by atoms with Crippen LogP contribution in [0.1, 0.15) is 17.2 Å². The summed E-state index contributed by atoms with van der Waals surface area (Å²) in [6.07, 6.45) is 0. The van der Waals surface area contributed by atoms with Crippen molar-refractivity contribution in [1.82, 2.24) is 5.32 Å². The average Bonchev–Trinajstić information content (AvgIpc) is 2.11. The second-order valence-electron chi connectivity index (χ2n) is 3.03. The minimum absolute atomic E-state index is 0.0189. The lowest BCUT2D eigenvalue weighted by atomic mass is 10.0.